The highest BCUT2D eigenvalue weighted by Gasteiger charge is 2.30. The van der Waals surface area contributed by atoms with Crippen LogP contribution in [-0.4, -0.2) is 96.7 Å². The summed E-state index contributed by atoms with van der Waals surface area (Å²) in [6, 6.07) is 0. The van der Waals surface area contributed by atoms with Crippen LogP contribution < -0.4 is 0 Å². The molecule has 3 unspecified atom stereocenters. The van der Waals surface area contributed by atoms with Gasteiger partial charge in [0.05, 0.1) is 26.4 Å². The van der Waals surface area contributed by atoms with Crippen LogP contribution in [0.25, 0.3) is 0 Å². The third-order valence-corrected chi connectivity index (χ3v) is 20.9. The van der Waals surface area contributed by atoms with Crippen LogP contribution in [0.1, 0.15) is 414 Å². The summed E-state index contributed by atoms with van der Waals surface area (Å²) in [6.45, 7) is 12.0. The number of esters is 4. The van der Waals surface area contributed by atoms with Crippen molar-refractivity contribution in [3.8, 4) is 0 Å². The molecule has 0 bridgehead atoms. The van der Waals surface area contributed by atoms with Crippen LogP contribution in [0.5, 0.6) is 0 Å². The molecule has 0 rings (SSSR count). The molecule has 0 aromatic heterocycles. The molecule has 99 heavy (non-hydrogen) atoms. The Morgan fingerprint density at radius 2 is 0.515 bits per heavy atom. The minimum absolute atomic E-state index is 0.106. The Hall–Kier alpha value is -1.94. The van der Waals surface area contributed by atoms with E-state index in [1.165, 1.54) is 225 Å². The predicted molar refractivity (Wildman–Crippen MR) is 405 cm³/mol. The van der Waals surface area contributed by atoms with Crippen molar-refractivity contribution in [1.29, 1.82) is 0 Å². The summed E-state index contributed by atoms with van der Waals surface area (Å²) in [7, 11) is -9.92. The number of carbonyl (C=O) groups is 4. The minimum Gasteiger partial charge on any atom is -0.462 e. The number of aliphatic hydroxyl groups is 1. The van der Waals surface area contributed by atoms with Gasteiger partial charge in [0.15, 0.2) is 12.2 Å². The largest absolute Gasteiger partial charge is 0.472 e. The number of phosphoric acid groups is 2. The maximum Gasteiger partial charge on any atom is 0.472 e. The molecule has 588 valence electrons. The molecule has 17 nitrogen and oxygen atoms in total. The van der Waals surface area contributed by atoms with Gasteiger partial charge in [0.25, 0.3) is 0 Å². The number of hydrogen-bond donors (Lipinski definition) is 3. The normalized spacial score (nSPS) is 14.3. The number of phosphoric ester groups is 2. The molecule has 0 saturated carbocycles. The maximum atomic E-state index is 13.1. The zero-order valence-electron chi connectivity index (χ0n) is 65.0. The van der Waals surface area contributed by atoms with E-state index in [9.17, 15) is 43.2 Å². The molecule has 0 aliphatic carbocycles. The summed E-state index contributed by atoms with van der Waals surface area (Å²) in [5.74, 6) is 0.293. The molecule has 0 aliphatic heterocycles. The van der Waals surface area contributed by atoms with E-state index >= 15 is 0 Å². The molecule has 19 heteroatoms. The monoisotopic (exact) mass is 1450 g/mol. The van der Waals surface area contributed by atoms with Crippen LogP contribution in [0.15, 0.2) is 0 Å². The summed E-state index contributed by atoms with van der Waals surface area (Å²) in [5.41, 5.74) is 0. The molecule has 0 heterocycles. The first-order chi connectivity index (χ1) is 47.8. The zero-order valence-corrected chi connectivity index (χ0v) is 66.8. The number of ether oxygens (including phenoxy) is 4. The van der Waals surface area contributed by atoms with Gasteiger partial charge in [0.1, 0.15) is 19.3 Å². The third-order valence-electron chi connectivity index (χ3n) is 19.0. The van der Waals surface area contributed by atoms with E-state index in [-0.39, 0.29) is 25.7 Å². The van der Waals surface area contributed by atoms with Gasteiger partial charge in [-0.05, 0) is 43.4 Å². The van der Waals surface area contributed by atoms with Crippen LogP contribution in [0.3, 0.4) is 0 Å². The molecule has 0 radical (unpaired) electrons. The van der Waals surface area contributed by atoms with Gasteiger partial charge in [-0.15, -0.1) is 0 Å². The third kappa shape index (κ3) is 72.8. The Morgan fingerprint density at radius 1 is 0.293 bits per heavy atom. The van der Waals surface area contributed by atoms with Crippen LogP contribution in [-0.2, 0) is 65.4 Å². The van der Waals surface area contributed by atoms with Crippen LogP contribution in [0.2, 0.25) is 0 Å². The molecule has 3 N–H and O–H groups in total. The first-order valence-corrected chi connectivity index (χ1v) is 44.4. The molecular formula is C80H156O17P2. The lowest BCUT2D eigenvalue weighted by molar-refractivity contribution is -0.161. The van der Waals surface area contributed by atoms with Crippen molar-refractivity contribution in [3.63, 3.8) is 0 Å². The number of rotatable bonds is 78. The van der Waals surface area contributed by atoms with Crippen molar-refractivity contribution in [3.05, 3.63) is 0 Å². The molecule has 0 aromatic rings. The van der Waals surface area contributed by atoms with E-state index in [2.05, 4.69) is 48.5 Å². The lowest BCUT2D eigenvalue weighted by atomic mass is 9.99. The second-order valence-electron chi connectivity index (χ2n) is 30.0. The van der Waals surface area contributed by atoms with Gasteiger partial charge in [0.2, 0.25) is 0 Å². The van der Waals surface area contributed by atoms with Gasteiger partial charge < -0.3 is 33.8 Å². The number of carbonyl (C=O) groups excluding carboxylic acids is 4. The summed E-state index contributed by atoms with van der Waals surface area (Å²) in [6.07, 6.45) is 58.1. The minimum atomic E-state index is -4.96. The molecular weight excluding hydrogens is 1290 g/mol. The van der Waals surface area contributed by atoms with Crippen molar-refractivity contribution >= 4 is 39.5 Å². The number of hydrogen-bond acceptors (Lipinski definition) is 15. The Bertz CT molecular complexity index is 1920. The van der Waals surface area contributed by atoms with Gasteiger partial charge in [-0.1, -0.05) is 363 Å². The second-order valence-corrected chi connectivity index (χ2v) is 32.9. The Morgan fingerprint density at radius 3 is 0.768 bits per heavy atom. The molecule has 0 amide bonds. The second kappa shape index (κ2) is 70.4. The molecule has 0 aromatic carbocycles. The van der Waals surface area contributed by atoms with Crippen molar-refractivity contribution in [2.45, 2.75) is 433 Å². The fourth-order valence-electron chi connectivity index (χ4n) is 12.3. The molecule has 6 atom stereocenters. The van der Waals surface area contributed by atoms with E-state index in [4.69, 9.17) is 37.0 Å². The average molecular weight is 1450 g/mol. The first-order valence-electron chi connectivity index (χ1n) is 41.4. The Labute approximate surface area is 607 Å². The SMILES string of the molecule is CCCCCCCCCCCCC(=O)OC[C@H](COP(=O)(O)OC[C@H](O)COP(=O)(O)OC[C@@H](COC(=O)CCCCCCCCCCCCCCCCC(C)CC)OC(=O)CCCCCCCCCCCCCCCCCC(C)C)OC(=O)CCCCCCCCCCCCC(C)C. The van der Waals surface area contributed by atoms with Gasteiger partial charge in [-0.2, -0.15) is 0 Å². The smallest absolute Gasteiger partial charge is 0.462 e. The van der Waals surface area contributed by atoms with Crippen LogP contribution in [0, 0.1) is 17.8 Å². The highest BCUT2D eigenvalue weighted by atomic mass is 31.2. The van der Waals surface area contributed by atoms with Crippen molar-refractivity contribution < 1.29 is 80.2 Å². The van der Waals surface area contributed by atoms with E-state index in [0.717, 1.165) is 108 Å². The van der Waals surface area contributed by atoms with E-state index < -0.39 is 97.5 Å². The van der Waals surface area contributed by atoms with Gasteiger partial charge in [-0.3, -0.25) is 37.3 Å². The highest BCUT2D eigenvalue weighted by Crippen LogP contribution is 2.45. The van der Waals surface area contributed by atoms with Crippen LogP contribution in [0.4, 0.5) is 0 Å². The van der Waals surface area contributed by atoms with Gasteiger partial charge in [0, 0.05) is 25.7 Å². The predicted octanol–water partition coefficient (Wildman–Crippen LogP) is 23.7. The fourth-order valence-corrected chi connectivity index (χ4v) is 13.9. The van der Waals surface area contributed by atoms with E-state index in [0.29, 0.717) is 25.7 Å². The van der Waals surface area contributed by atoms with Gasteiger partial charge >= 0.3 is 39.5 Å². The van der Waals surface area contributed by atoms with Crippen LogP contribution >= 0.6 is 15.6 Å². The quantitative estimate of drug-likeness (QED) is 0.0222. The molecule has 0 fully saturated rings. The zero-order chi connectivity index (χ0) is 73.0. The van der Waals surface area contributed by atoms with Crippen molar-refractivity contribution in [1.82, 2.24) is 0 Å². The molecule has 0 aliphatic rings. The summed E-state index contributed by atoms with van der Waals surface area (Å²) >= 11 is 0. The Kier molecular flexibility index (Phi) is 69.0. The number of unbranched alkanes of at least 4 members (excludes halogenated alkanes) is 45. The van der Waals surface area contributed by atoms with Crippen molar-refractivity contribution in [2.75, 3.05) is 39.6 Å². The maximum absolute atomic E-state index is 13.1. The standard InChI is InChI=1S/C80H156O17P2/c1-8-10-11-12-13-14-33-40-47-54-61-77(82)90-67-75(97-80(85)64-57-50-43-36-29-28-31-38-45-52-59-72(5)6)69-94-98(86,87)92-65-74(81)66-93-99(88,89)95-70-76(96-79(84)63-56-49-42-35-27-23-17-15-16-20-24-30-37-44-51-58-71(3)4)68-91-78(83)62-55-48-41-34-26-22-19-18-21-25-32-39-46-53-60-73(7)9-2/h71-76,81H,8-70H2,1-7H3,(H,86,87)(H,88,89)/t73?,74-,75+,76+/m0/s1. The summed E-state index contributed by atoms with van der Waals surface area (Å²) in [4.78, 5) is 73.0. The number of aliphatic hydroxyl groups excluding tert-OH is 1. The van der Waals surface area contributed by atoms with Crippen molar-refractivity contribution in [2.24, 2.45) is 17.8 Å². The lowest BCUT2D eigenvalue weighted by Gasteiger charge is -2.21. The topological polar surface area (TPSA) is 237 Å². The first kappa shape index (κ1) is 97.1. The van der Waals surface area contributed by atoms with Gasteiger partial charge in [-0.25, -0.2) is 9.13 Å². The summed E-state index contributed by atoms with van der Waals surface area (Å²) in [5, 5.41) is 10.6. The lowest BCUT2D eigenvalue weighted by Crippen LogP contribution is -2.30. The fraction of sp³-hybridized carbons (Fsp3) is 0.950. The highest BCUT2D eigenvalue weighted by molar-refractivity contribution is 7.47. The Balaban J connectivity index is 5.24. The van der Waals surface area contributed by atoms with E-state index in [1.54, 1.807) is 0 Å². The molecule has 0 spiro atoms. The summed E-state index contributed by atoms with van der Waals surface area (Å²) < 4.78 is 68.7. The van der Waals surface area contributed by atoms with E-state index in [1.807, 2.05) is 0 Å². The average Bonchev–Trinajstić information content (AvgIpc) is 1.10. The molecule has 0 saturated heterocycles.